The van der Waals surface area contributed by atoms with E-state index in [2.05, 4.69) is 0 Å². The number of benzene rings is 2. The number of rotatable bonds is 4. The molecule has 5 heteroatoms. The molecule has 2 unspecified atom stereocenters. The molecule has 130 valence electrons. The monoisotopic (exact) mass is 341 g/mol. The molecule has 1 N–H and O–H groups in total. The van der Waals surface area contributed by atoms with Gasteiger partial charge in [-0.1, -0.05) is 49.4 Å². The number of halogens is 1. The summed E-state index contributed by atoms with van der Waals surface area (Å²) in [6.07, 6.45) is 0.373. The van der Waals surface area contributed by atoms with Crippen molar-refractivity contribution in [3.63, 3.8) is 0 Å². The van der Waals surface area contributed by atoms with E-state index in [9.17, 15) is 19.1 Å². The highest BCUT2D eigenvalue weighted by molar-refractivity contribution is 5.85. The smallest absolute Gasteiger partial charge is 0.326 e. The number of amides is 1. The fourth-order valence-corrected chi connectivity index (χ4v) is 3.37. The third kappa shape index (κ3) is 3.55. The Labute approximate surface area is 145 Å². The summed E-state index contributed by atoms with van der Waals surface area (Å²) in [6, 6.07) is 13.0. The second-order valence-corrected chi connectivity index (χ2v) is 6.48. The molecular weight excluding hydrogens is 321 g/mol. The van der Waals surface area contributed by atoms with Gasteiger partial charge in [-0.15, -0.1) is 0 Å². The van der Waals surface area contributed by atoms with Crippen molar-refractivity contribution in [2.45, 2.75) is 38.3 Å². The SMILES string of the molecule is CC(CC(=O)N1Cc2ccccc2CC1C(=O)O)c1ccccc1F. The number of hydrogen-bond donors (Lipinski definition) is 1. The highest BCUT2D eigenvalue weighted by Crippen LogP contribution is 2.27. The van der Waals surface area contributed by atoms with Crippen molar-refractivity contribution < 1.29 is 19.1 Å². The zero-order chi connectivity index (χ0) is 18.0. The Morgan fingerprint density at radius 1 is 1.16 bits per heavy atom. The molecule has 1 heterocycles. The third-order valence-corrected chi connectivity index (χ3v) is 4.77. The summed E-state index contributed by atoms with van der Waals surface area (Å²) in [4.78, 5) is 25.8. The molecule has 0 fully saturated rings. The van der Waals surface area contributed by atoms with Gasteiger partial charge in [-0.25, -0.2) is 9.18 Å². The van der Waals surface area contributed by atoms with E-state index in [-0.39, 0.29) is 30.6 Å². The Bertz CT molecular complexity index is 805. The summed E-state index contributed by atoms with van der Waals surface area (Å²) in [6.45, 7) is 2.06. The molecule has 0 saturated carbocycles. The van der Waals surface area contributed by atoms with E-state index >= 15 is 0 Å². The number of carbonyl (C=O) groups is 2. The summed E-state index contributed by atoms with van der Waals surface area (Å²) >= 11 is 0. The van der Waals surface area contributed by atoms with E-state index in [0.717, 1.165) is 11.1 Å². The third-order valence-electron chi connectivity index (χ3n) is 4.77. The minimum Gasteiger partial charge on any atom is -0.480 e. The first-order chi connectivity index (χ1) is 12.0. The highest BCUT2D eigenvalue weighted by Gasteiger charge is 2.34. The van der Waals surface area contributed by atoms with Crippen LogP contribution in [0.5, 0.6) is 0 Å². The Kier molecular flexibility index (Phi) is 4.83. The molecule has 1 aliphatic rings. The number of hydrogen-bond acceptors (Lipinski definition) is 2. The van der Waals surface area contributed by atoms with Crippen molar-refractivity contribution in [2.24, 2.45) is 0 Å². The molecule has 2 aromatic rings. The molecular formula is C20H20FNO3. The predicted octanol–water partition coefficient (Wildman–Crippen LogP) is 3.36. The lowest BCUT2D eigenvalue weighted by Gasteiger charge is -2.35. The molecule has 4 nitrogen and oxygen atoms in total. The minimum absolute atomic E-state index is 0.0763. The average molecular weight is 341 g/mol. The fourth-order valence-electron chi connectivity index (χ4n) is 3.37. The van der Waals surface area contributed by atoms with Crippen LogP contribution in [0.1, 0.15) is 36.0 Å². The maximum Gasteiger partial charge on any atom is 0.326 e. The normalized spacial score (nSPS) is 17.7. The summed E-state index contributed by atoms with van der Waals surface area (Å²) in [5.74, 6) is -1.94. The maximum absolute atomic E-state index is 13.9. The number of aliphatic carboxylic acids is 1. The first kappa shape index (κ1) is 17.1. The second-order valence-electron chi connectivity index (χ2n) is 6.48. The quantitative estimate of drug-likeness (QED) is 0.928. The van der Waals surface area contributed by atoms with Gasteiger partial charge < -0.3 is 10.0 Å². The Hall–Kier alpha value is -2.69. The van der Waals surface area contributed by atoms with Crippen molar-refractivity contribution in [1.29, 1.82) is 0 Å². The zero-order valence-electron chi connectivity index (χ0n) is 14.0. The van der Waals surface area contributed by atoms with Crippen LogP contribution >= 0.6 is 0 Å². The van der Waals surface area contributed by atoms with Crippen LogP contribution < -0.4 is 0 Å². The van der Waals surface area contributed by atoms with E-state index in [0.29, 0.717) is 12.0 Å². The number of carbonyl (C=O) groups excluding carboxylic acids is 1. The van der Waals surface area contributed by atoms with Crippen LogP contribution in [0.2, 0.25) is 0 Å². The Morgan fingerprint density at radius 2 is 1.80 bits per heavy atom. The Morgan fingerprint density at radius 3 is 2.48 bits per heavy atom. The van der Waals surface area contributed by atoms with Crippen molar-refractivity contribution in [3.05, 3.63) is 71.0 Å². The predicted molar refractivity (Wildman–Crippen MR) is 91.6 cm³/mol. The van der Waals surface area contributed by atoms with Crippen molar-refractivity contribution in [3.8, 4) is 0 Å². The maximum atomic E-state index is 13.9. The fraction of sp³-hybridized carbons (Fsp3) is 0.300. The van der Waals surface area contributed by atoms with E-state index in [4.69, 9.17) is 0 Å². The van der Waals surface area contributed by atoms with Crippen LogP contribution in [-0.2, 0) is 22.6 Å². The van der Waals surface area contributed by atoms with E-state index in [1.54, 1.807) is 25.1 Å². The largest absolute Gasteiger partial charge is 0.480 e. The molecule has 0 aromatic heterocycles. The molecule has 0 aliphatic carbocycles. The van der Waals surface area contributed by atoms with E-state index in [1.165, 1.54) is 11.0 Å². The molecule has 0 radical (unpaired) electrons. The van der Waals surface area contributed by atoms with Crippen LogP contribution in [0, 0.1) is 5.82 Å². The molecule has 2 atom stereocenters. The lowest BCUT2D eigenvalue weighted by atomic mass is 9.92. The van der Waals surface area contributed by atoms with Gasteiger partial charge >= 0.3 is 5.97 Å². The molecule has 3 rings (SSSR count). The number of nitrogens with zero attached hydrogens (tertiary/aromatic N) is 1. The van der Waals surface area contributed by atoms with Crippen LogP contribution in [0.15, 0.2) is 48.5 Å². The van der Waals surface area contributed by atoms with Crippen LogP contribution in [0.4, 0.5) is 4.39 Å². The zero-order valence-corrected chi connectivity index (χ0v) is 14.0. The average Bonchev–Trinajstić information content (AvgIpc) is 2.60. The van der Waals surface area contributed by atoms with Gasteiger partial charge in [-0.2, -0.15) is 0 Å². The molecule has 1 aliphatic heterocycles. The van der Waals surface area contributed by atoms with E-state index in [1.807, 2.05) is 24.3 Å². The first-order valence-electron chi connectivity index (χ1n) is 8.31. The Balaban J connectivity index is 1.80. The number of carboxylic acids is 1. The van der Waals surface area contributed by atoms with Gasteiger partial charge in [0.1, 0.15) is 11.9 Å². The van der Waals surface area contributed by atoms with Crippen molar-refractivity contribution >= 4 is 11.9 Å². The van der Waals surface area contributed by atoms with Gasteiger partial charge in [0, 0.05) is 19.4 Å². The first-order valence-corrected chi connectivity index (χ1v) is 8.31. The molecule has 0 spiro atoms. The lowest BCUT2D eigenvalue weighted by Crippen LogP contribution is -2.48. The summed E-state index contributed by atoms with van der Waals surface area (Å²) < 4.78 is 13.9. The summed E-state index contributed by atoms with van der Waals surface area (Å²) in [7, 11) is 0. The molecule has 25 heavy (non-hydrogen) atoms. The standard InChI is InChI=1S/C20H20FNO3/c1-13(16-8-4-5-9-17(16)21)10-19(23)22-12-15-7-3-2-6-14(15)11-18(22)20(24)25/h2-9,13,18H,10-12H2,1H3,(H,24,25). The second kappa shape index (κ2) is 7.05. The molecule has 0 saturated heterocycles. The van der Waals surface area contributed by atoms with Gasteiger partial charge in [0.15, 0.2) is 0 Å². The molecule has 0 bridgehead atoms. The molecule has 1 amide bonds. The number of fused-ring (bicyclic) bond motifs is 1. The van der Waals surface area contributed by atoms with Gasteiger partial charge in [-0.05, 0) is 28.7 Å². The van der Waals surface area contributed by atoms with Crippen molar-refractivity contribution in [1.82, 2.24) is 4.90 Å². The number of carboxylic acid groups (broad SMARTS) is 1. The molecule has 2 aromatic carbocycles. The van der Waals surface area contributed by atoms with Gasteiger partial charge in [-0.3, -0.25) is 4.79 Å². The minimum atomic E-state index is -1.01. The van der Waals surface area contributed by atoms with Crippen molar-refractivity contribution in [2.75, 3.05) is 0 Å². The summed E-state index contributed by atoms with van der Waals surface area (Å²) in [5.41, 5.74) is 2.40. The van der Waals surface area contributed by atoms with Gasteiger partial charge in [0.05, 0.1) is 0 Å². The van der Waals surface area contributed by atoms with Gasteiger partial charge in [0.2, 0.25) is 5.91 Å². The topological polar surface area (TPSA) is 57.6 Å². The van der Waals surface area contributed by atoms with Crippen LogP contribution in [0.3, 0.4) is 0 Å². The van der Waals surface area contributed by atoms with Crippen LogP contribution in [-0.4, -0.2) is 27.9 Å². The van der Waals surface area contributed by atoms with Crippen LogP contribution in [0.25, 0.3) is 0 Å². The van der Waals surface area contributed by atoms with Gasteiger partial charge in [0.25, 0.3) is 0 Å². The van der Waals surface area contributed by atoms with E-state index < -0.39 is 12.0 Å². The summed E-state index contributed by atoms with van der Waals surface area (Å²) in [5, 5.41) is 9.52. The highest BCUT2D eigenvalue weighted by atomic mass is 19.1. The lowest BCUT2D eigenvalue weighted by molar-refractivity contribution is -0.151.